The normalized spacial score (nSPS) is 11.8. The fraction of sp³-hybridized carbons (Fsp3) is 0.222. The summed E-state index contributed by atoms with van der Waals surface area (Å²) in [5.41, 5.74) is 6.60. The second kappa shape index (κ2) is 9.18. The summed E-state index contributed by atoms with van der Waals surface area (Å²) in [5.74, 6) is 1.29. The lowest BCUT2D eigenvalue weighted by molar-refractivity contribution is 0.102. The third-order valence-corrected chi connectivity index (χ3v) is 5.90. The van der Waals surface area contributed by atoms with Crippen molar-refractivity contribution in [3.8, 4) is 0 Å². The zero-order valence-electron chi connectivity index (χ0n) is 15.3. The molecule has 28 heavy (non-hydrogen) atoms. The monoisotopic (exact) mass is 433 g/mol. The van der Waals surface area contributed by atoms with Crippen LogP contribution in [0, 0.1) is 0 Å². The highest BCUT2D eigenvalue weighted by molar-refractivity contribution is 8.01. The van der Waals surface area contributed by atoms with Crippen molar-refractivity contribution >= 4 is 57.2 Å². The number of hydrogen-bond donors (Lipinski definition) is 3. The fourth-order valence-electron chi connectivity index (χ4n) is 2.32. The summed E-state index contributed by atoms with van der Waals surface area (Å²) in [6.07, 6.45) is 4.30. The maximum absolute atomic E-state index is 12.5. The highest BCUT2D eigenvalue weighted by Gasteiger charge is 2.16. The van der Waals surface area contributed by atoms with Gasteiger partial charge in [-0.2, -0.15) is 0 Å². The zero-order valence-corrected chi connectivity index (χ0v) is 17.7. The molecule has 2 aromatic heterocycles. The Labute approximate surface area is 176 Å². The topological polar surface area (TPSA) is 106 Å². The van der Waals surface area contributed by atoms with Crippen molar-refractivity contribution in [1.82, 2.24) is 9.97 Å². The molecular formula is C18H19N5O2S3. The first-order chi connectivity index (χ1) is 13.4. The summed E-state index contributed by atoms with van der Waals surface area (Å²) in [4.78, 5) is 21.1. The summed E-state index contributed by atoms with van der Waals surface area (Å²) in [7, 11) is 0. The van der Waals surface area contributed by atoms with Gasteiger partial charge in [0.1, 0.15) is 5.76 Å². The maximum Gasteiger partial charge on any atom is 0.257 e. The molecule has 0 aliphatic carbocycles. The number of thiazole rings is 1. The van der Waals surface area contributed by atoms with Gasteiger partial charge in [-0.15, -0.1) is 11.8 Å². The van der Waals surface area contributed by atoms with Crippen molar-refractivity contribution in [3.05, 3.63) is 53.9 Å². The molecule has 0 fully saturated rings. The average Bonchev–Trinajstić information content (AvgIpc) is 3.30. The van der Waals surface area contributed by atoms with Gasteiger partial charge < -0.3 is 15.5 Å². The summed E-state index contributed by atoms with van der Waals surface area (Å²) in [6.45, 7) is 4.05. The van der Waals surface area contributed by atoms with Crippen LogP contribution >= 0.6 is 35.3 Å². The number of amides is 1. The van der Waals surface area contributed by atoms with E-state index in [1.807, 2.05) is 13.8 Å². The van der Waals surface area contributed by atoms with Crippen molar-refractivity contribution in [3.63, 3.8) is 0 Å². The molecule has 1 aromatic carbocycles. The Balaban J connectivity index is 1.62. The van der Waals surface area contributed by atoms with E-state index in [0.29, 0.717) is 22.3 Å². The molecule has 1 amide bonds. The van der Waals surface area contributed by atoms with Crippen LogP contribution in [0.1, 0.15) is 41.1 Å². The third kappa shape index (κ3) is 5.31. The van der Waals surface area contributed by atoms with Crippen molar-refractivity contribution in [1.29, 1.82) is 0 Å². The van der Waals surface area contributed by atoms with Crippen molar-refractivity contribution < 1.29 is 9.21 Å². The molecule has 4 N–H and O–H groups in total. The Bertz CT molecular complexity index is 985. The van der Waals surface area contributed by atoms with E-state index in [0.717, 1.165) is 16.4 Å². The standard InChI is InChI=1S/C18H19N5O2S3/c1-3-13-8-20-16(25-13)10(2)27-14-9-21-18(28-14)23-15(24)11-5-4-6-12(7-11)22-17(19)26/h4-10H,3H2,1-2H3,(H3,19,22,26)(H,21,23,24). The van der Waals surface area contributed by atoms with Crippen LogP contribution in [0.3, 0.4) is 0 Å². The van der Waals surface area contributed by atoms with E-state index in [1.54, 1.807) is 48.4 Å². The number of oxazole rings is 1. The Morgan fingerprint density at radius 3 is 2.89 bits per heavy atom. The molecule has 0 bridgehead atoms. The molecule has 0 spiro atoms. The summed E-state index contributed by atoms with van der Waals surface area (Å²) < 4.78 is 6.65. The molecule has 3 aromatic rings. The van der Waals surface area contributed by atoms with Crippen molar-refractivity contribution in [2.45, 2.75) is 29.7 Å². The number of anilines is 2. The van der Waals surface area contributed by atoms with Crippen LogP contribution in [-0.2, 0) is 6.42 Å². The maximum atomic E-state index is 12.5. The Morgan fingerprint density at radius 1 is 1.36 bits per heavy atom. The molecule has 1 atom stereocenters. The predicted octanol–water partition coefficient (Wildman–Crippen LogP) is 4.45. The number of thiocarbonyl (C=S) groups is 1. The minimum absolute atomic E-state index is 0.0483. The number of nitrogens with zero attached hydrogens (tertiary/aromatic N) is 2. The fourth-order valence-corrected chi connectivity index (χ4v) is 4.52. The SMILES string of the molecule is CCc1cnc(C(C)Sc2cnc(NC(=O)c3cccc(NC(N)=S)c3)s2)o1. The number of hydrogen-bond acceptors (Lipinski definition) is 7. The number of aromatic nitrogens is 2. The number of nitrogens with two attached hydrogens (primary N) is 1. The molecule has 146 valence electrons. The molecule has 2 heterocycles. The van der Waals surface area contributed by atoms with Gasteiger partial charge in [-0.1, -0.05) is 24.3 Å². The van der Waals surface area contributed by atoms with E-state index >= 15 is 0 Å². The molecular weight excluding hydrogens is 414 g/mol. The zero-order chi connectivity index (χ0) is 20.1. The van der Waals surface area contributed by atoms with Gasteiger partial charge in [-0.25, -0.2) is 9.97 Å². The minimum Gasteiger partial charge on any atom is -0.445 e. The number of nitrogens with one attached hydrogen (secondary N) is 2. The van der Waals surface area contributed by atoms with Crippen LogP contribution in [0.5, 0.6) is 0 Å². The smallest absolute Gasteiger partial charge is 0.257 e. The van der Waals surface area contributed by atoms with Gasteiger partial charge in [-0.05, 0) is 37.3 Å². The summed E-state index contributed by atoms with van der Waals surface area (Å²) in [5, 5.41) is 6.33. The van der Waals surface area contributed by atoms with E-state index < -0.39 is 0 Å². The second-order valence-corrected chi connectivity index (χ2v) is 8.90. The lowest BCUT2D eigenvalue weighted by atomic mass is 10.2. The van der Waals surface area contributed by atoms with Gasteiger partial charge in [-0.3, -0.25) is 10.1 Å². The first-order valence-electron chi connectivity index (χ1n) is 8.49. The lowest BCUT2D eigenvalue weighted by Gasteiger charge is -2.06. The molecule has 0 saturated carbocycles. The average molecular weight is 434 g/mol. The predicted molar refractivity (Wildman–Crippen MR) is 117 cm³/mol. The number of carbonyl (C=O) groups excluding carboxylic acids is 1. The molecule has 0 radical (unpaired) electrons. The first-order valence-corrected chi connectivity index (χ1v) is 10.6. The first kappa shape index (κ1) is 20.3. The Hall–Kier alpha value is -2.43. The highest BCUT2D eigenvalue weighted by atomic mass is 32.2. The Kier molecular flexibility index (Phi) is 6.65. The number of aryl methyl sites for hydroxylation is 1. The number of thioether (sulfide) groups is 1. The third-order valence-electron chi connectivity index (χ3n) is 3.66. The molecule has 7 nitrogen and oxygen atoms in total. The number of benzene rings is 1. The van der Waals surface area contributed by atoms with E-state index in [9.17, 15) is 4.79 Å². The Morgan fingerprint density at radius 2 is 2.18 bits per heavy atom. The summed E-state index contributed by atoms with van der Waals surface area (Å²) >= 11 is 7.80. The van der Waals surface area contributed by atoms with E-state index in [4.69, 9.17) is 22.4 Å². The van der Waals surface area contributed by atoms with Gasteiger partial charge in [0.2, 0.25) is 5.89 Å². The molecule has 0 aliphatic heterocycles. The lowest BCUT2D eigenvalue weighted by Crippen LogP contribution is -2.19. The van der Waals surface area contributed by atoms with E-state index in [-0.39, 0.29) is 16.3 Å². The van der Waals surface area contributed by atoms with E-state index in [1.165, 1.54) is 11.3 Å². The number of carbonyl (C=O) groups is 1. The quantitative estimate of drug-likeness (QED) is 0.370. The molecule has 0 aliphatic rings. The molecule has 3 rings (SSSR count). The van der Waals surface area contributed by atoms with Gasteiger partial charge in [0.05, 0.1) is 21.9 Å². The van der Waals surface area contributed by atoms with Crippen molar-refractivity contribution in [2.24, 2.45) is 5.73 Å². The van der Waals surface area contributed by atoms with Crippen LogP contribution in [0.2, 0.25) is 0 Å². The van der Waals surface area contributed by atoms with E-state index in [2.05, 4.69) is 20.6 Å². The van der Waals surface area contributed by atoms with Crippen molar-refractivity contribution in [2.75, 3.05) is 10.6 Å². The molecule has 10 heteroatoms. The molecule has 0 saturated heterocycles. The van der Waals surface area contributed by atoms with Crippen LogP contribution in [0.4, 0.5) is 10.8 Å². The second-order valence-electron chi connectivity index (χ2n) is 5.79. The van der Waals surface area contributed by atoms with Gasteiger partial charge >= 0.3 is 0 Å². The summed E-state index contributed by atoms with van der Waals surface area (Å²) in [6, 6.07) is 6.91. The van der Waals surface area contributed by atoms with Gasteiger partial charge in [0.15, 0.2) is 10.2 Å². The highest BCUT2D eigenvalue weighted by Crippen LogP contribution is 2.38. The van der Waals surface area contributed by atoms with Gasteiger partial charge in [0.25, 0.3) is 5.91 Å². The van der Waals surface area contributed by atoms with Crippen LogP contribution < -0.4 is 16.4 Å². The van der Waals surface area contributed by atoms with Crippen LogP contribution in [0.15, 0.2) is 45.3 Å². The van der Waals surface area contributed by atoms with Crippen LogP contribution in [0.25, 0.3) is 0 Å². The largest absolute Gasteiger partial charge is 0.445 e. The number of rotatable bonds is 7. The van der Waals surface area contributed by atoms with Gasteiger partial charge in [0, 0.05) is 17.7 Å². The van der Waals surface area contributed by atoms with Crippen LogP contribution in [-0.4, -0.2) is 21.0 Å². The minimum atomic E-state index is -0.258. The molecule has 1 unspecified atom stereocenters.